The lowest BCUT2D eigenvalue weighted by atomic mass is 9.88. The molecule has 3 aromatic rings. The second-order valence-electron chi connectivity index (χ2n) is 7.75. The van der Waals surface area contributed by atoms with Gasteiger partial charge in [0.05, 0.1) is 12.1 Å². The van der Waals surface area contributed by atoms with Crippen molar-refractivity contribution in [3.05, 3.63) is 76.0 Å². The molecule has 0 saturated carbocycles. The summed E-state index contributed by atoms with van der Waals surface area (Å²) in [5.74, 6) is 0.503. The van der Waals surface area contributed by atoms with E-state index in [2.05, 4.69) is 0 Å². The third-order valence-corrected chi connectivity index (χ3v) is 6.37. The number of rotatable bonds is 4. The van der Waals surface area contributed by atoms with E-state index >= 15 is 0 Å². The molecule has 0 fully saturated rings. The first-order valence-corrected chi connectivity index (χ1v) is 11.0. The first kappa shape index (κ1) is 19.6. The first-order valence-electron chi connectivity index (χ1n) is 10.1. The van der Waals surface area contributed by atoms with Gasteiger partial charge in [0.25, 0.3) is 5.91 Å². The normalized spacial score (nSPS) is 19.3. The highest BCUT2D eigenvalue weighted by Crippen LogP contribution is 2.37. The van der Waals surface area contributed by atoms with Crippen molar-refractivity contribution >= 4 is 28.9 Å². The average Bonchev–Trinajstić information content (AvgIpc) is 3.30. The van der Waals surface area contributed by atoms with Crippen LogP contribution in [-0.4, -0.2) is 30.7 Å². The number of carbonyl (C=O) groups is 2. The van der Waals surface area contributed by atoms with Crippen LogP contribution < -0.4 is 14.4 Å². The number of ether oxygens (including phenoxy) is 3. The average molecular weight is 436 g/mol. The summed E-state index contributed by atoms with van der Waals surface area (Å²) in [6.07, 6.45) is 0.319. The lowest BCUT2D eigenvalue weighted by molar-refractivity contribution is -0.137. The fraction of sp³-hybridized carbons (Fsp3) is 0.250. The Morgan fingerprint density at radius 1 is 1.06 bits per heavy atom. The van der Waals surface area contributed by atoms with Crippen molar-refractivity contribution in [3.63, 3.8) is 0 Å². The number of anilines is 1. The quantitative estimate of drug-likeness (QED) is 0.574. The molecule has 0 spiro atoms. The van der Waals surface area contributed by atoms with E-state index in [1.165, 1.54) is 0 Å². The molecule has 3 heterocycles. The summed E-state index contributed by atoms with van der Waals surface area (Å²) in [5.41, 5.74) is 0.680. The molecular formula is C24H21NO5S. The first-order chi connectivity index (χ1) is 15.0. The van der Waals surface area contributed by atoms with E-state index < -0.39 is 11.6 Å². The zero-order valence-corrected chi connectivity index (χ0v) is 17.8. The van der Waals surface area contributed by atoms with E-state index in [1.807, 2.05) is 47.8 Å². The Labute approximate surface area is 184 Å². The molecule has 0 aliphatic carbocycles. The van der Waals surface area contributed by atoms with Gasteiger partial charge in [0.1, 0.15) is 13.2 Å². The maximum atomic E-state index is 13.9. The number of cyclic esters (lactones) is 1. The molecule has 1 aromatic heterocycles. The van der Waals surface area contributed by atoms with E-state index in [4.69, 9.17) is 14.2 Å². The van der Waals surface area contributed by atoms with Crippen LogP contribution in [0.1, 0.15) is 27.7 Å². The predicted octanol–water partition coefficient (Wildman–Crippen LogP) is 4.22. The highest BCUT2D eigenvalue weighted by molar-refractivity contribution is 7.09. The van der Waals surface area contributed by atoms with Crippen LogP contribution in [0.4, 0.5) is 5.69 Å². The Hall–Kier alpha value is -3.32. The Morgan fingerprint density at radius 3 is 2.68 bits per heavy atom. The third kappa shape index (κ3) is 3.65. The van der Waals surface area contributed by atoms with E-state index in [9.17, 15) is 9.59 Å². The fourth-order valence-electron chi connectivity index (χ4n) is 3.98. The van der Waals surface area contributed by atoms with E-state index in [-0.39, 0.29) is 5.91 Å². The third-order valence-electron chi connectivity index (χ3n) is 5.51. The molecule has 2 aliphatic rings. The van der Waals surface area contributed by atoms with Gasteiger partial charge in [-0.1, -0.05) is 24.3 Å². The van der Waals surface area contributed by atoms with E-state index in [0.717, 1.165) is 10.4 Å². The van der Waals surface area contributed by atoms with Gasteiger partial charge in [-0.25, -0.2) is 4.79 Å². The second-order valence-corrected chi connectivity index (χ2v) is 8.79. The minimum atomic E-state index is -1.31. The topological polar surface area (TPSA) is 65.1 Å². The SMILES string of the molecule is CC1(C(=O)N(Cc2cccs2)c2ccc3c(c2)OCCO3)Cc2ccccc2C(=O)O1. The second kappa shape index (κ2) is 7.74. The summed E-state index contributed by atoms with van der Waals surface area (Å²) < 4.78 is 17.0. The lowest BCUT2D eigenvalue weighted by Crippen LogP contribution is -2.53. The molecule has 31 heavy (non-hydrogen) atoms. The van der Waals surface area contributed by atoms with Crippen LogP contribution in [0.5, 0.6) is 11.5 Å². The summed E-state index contributed by atoms with van der Waals surface area (Å²) in [6.45, 7) is 3.01. The number of hydrogen-bond acceptors (Lipinski definition) is 6. The zero-order chi connectivity index (χ0) is 21.4. The molecule has 2 aromatic carbocycles. The molecular weight excluding hydrogens is 414 g/mol. The predicted molar refractivity (Wildman–Crippen MR) is 117 cm³/mol. The van der Waals surface area contributed by atoms with Gasteiger partial charge < -0.3 is 19.1 Å². The number of thiophene rings is 1. The van der Waals surface area contributed by atoms with Crippen LogP contribution in [0.3, 0.4) is 0 Å². The van der Waals surface area contributed by atoms with Crippen LogP contribution in [0.2, 0.25) is 0 Å². The number of fused-ring (bicyclic) bond motifs is 2. The Kier molecular flexibility index (Phi) is 4.90. The molecule has 0 radical (unpaired) electrons. The van der Waals surface area contributed by atoms with Crippen LogP contribution in [-0.2, 0) is 22.5 Å². The Bertz CT molecular complexity index is 1140. The van der Waals surface area contributed by atoms with Gasteiger partial charge in [-0.05, 0) is 42.1 Å². The van der Waals surface area contributed by atoms with Crippen molar-refractivity contribution in [1.82, 2.24) is 0 Å². The van der Waals surface area contributed by atoms with Crippen molar-refractivity contribution < 1.29 is 23.8 Å². The number of amides is 1. The zero-order valence-electron chi connectivity index (χ0n) is 17.0. The summed E-state index contributed by atoms with van der Waals surface area (Å²) in [5, 5.41) is 1.97. The molecule has 1 unspecified atom stereocenters. The van der Waals surface area contributed by atoms with Gasteiger partial charge in [0.15, 0.2) is 17.1 Å². The highest BCUT2D eigenvalue weighted by atomic mass is 32.1. The van der Waals surface area contributed by atoms with Crippen molar-refractivity contribution in [1.29, 1.82) is 0 Å². The standard InChI is InChI=1S/C24H21NO5S/c1-24(14-16-5-2-3-7-19(16)22(26)30-24)23(27)25(15-18-6-4-12-31-18)17-8-9-20-21(13-17)29-11-10-28-20/h2-9,12-13H,10-11,14-15H2,1H3. The molecule has 0 saturated heterocycles. The summed E-state index contributed by atoms with van der Waals surface area (Å²) in [7, 11) is 0. The van der Waals surface area contributed by atoms with Crippen LogP contribution in [0.15, 0.2) is 60.0 Å². The molecule has 0 bridgehead atoms. The van der Waals surface area contributed by atoms with Gasteiger partial charge in [0, 0.05) is 23.1 Å². The van der Waals surface area contributed by atoms with Crippen molar-refractivity contribution in [3.8, 4) is 11.5 Å². The maximum Gasteiger partial charge on any atom is 0.339 e. The number of hydrogen-bond donors (Lipinski definition) is 0. The lowest BCUT2D eigenvalue weighted by Gasteiger charge is -2.37. The summed E-state index contributed by atoms with van der Waals surface area (Å²) in [6, 6.07) is 16.6. The molecule has 158 valence electrons. The number of esters is 1. The van der Waals surface area contributed by atoms with E-state index in [1.54, 1.807) is 35.3 Å². The van der Waals surface area contributed by atoms with Crippen LogP contribution >= 0.6 is 11.3 Å². The van der Waals surface area contributed by atoms with Crippen molar-refractivity contribution in [2.45, 2.75) is 25.5 Å². The highest BCUT2D eigenvalue weighted by Gasteiger charge is 2.45. The van der Waals surface area contributed by atoms with Gasteiger partial charge >= 0.3 is 5.97 Å². The minimum absolute atomic E-state index is 0.277. The smallest absolute Gasteiger partial charge is 0.339 e. The molecule has 0 N–H and O–H groups in total. The molecule has 1 atom stereocenters. The Morgan fingerprint density at radius 2 is 1.87 bits per heavy atom. The maximum absolute atomic E-state index is 13.9. The van der Waals surface area contributed by atoms with Gasteiger partial charge in [-0.2, -0.15) is 0 Å². The van der Waals surface area contributed by atoms with Crippen LogP contribution in [0, 0.1) is 0 Å². The minimum Gasteiger partial charge on any atom is -0.486 e. The molecule has 2 aliphatic heterocycles. The van der Waals surface area contributed by atoms with E-state index in [0.29, 0.717) is 48.9 Å². The van der Waals surface area contributed by atoms with Crippen LogP contribution in [0.25, 0.3) is 0 Å². The Balaban J connectivity index is 1.52. The van der Waals surface area contributed by atoms with Crippen molar-refractivity contribution in [2.75, 3.05) is 18.1 Å². The summed E-state index contributed by atoms with van der Waals surface area (Å²) >= 11 is 1.57. The van der Waals surface area contributed by atoms with Gasteiger partial charge in [0.2, 0.25) is 0 Å². The molecule has 7 heteroatoms. The fourth-order valence-corrected chi connectivity index (χ4v) is 4.67. The van der Waals surface area contributed by atoms with Crippen molar-refractivity contribution in [2.24, 2.45) is 0 Å². The number of nitrogens with zero attached hydrogens (tertiary/aromatic N) is 1. The van der Waals surface area contributed by atoms with Gasteiger partial charge in [-0.3, -0.25) is 4.79 Å². The largest absolute Gasteiger partial charge is 0.486 e. The molecule has 6 nitrogen and oxygen atoms in total. The molecule has 1 amide bonds. The summed E-state index contributed by atoms with van der Waals surface area (Å²) in [4.78, 5) is 29.2. The van der Waals surface area contributed by atoms with Gasteiger partial charge in [-0.15, -0.1) is 11.3 Å². The molecule has 5 rings (SSSR count). The number of benzene rings is 2. The monoisotopic (exact) mass is 435 g/mol. The number of carbonyl (C=O) groups excluding carboxylic acids is 2.